The molecule has 0 aromatic carbocycles. The lowest BCUT2D eigenvalue weighted by Gasteiger charge is -2.27. The van der Waals surface area contributed by atoms with Gasteiger partial charge in [0.15, 0.2) is 5.60 Å². The van der Waals surface area contributed by atoms with Gasteiger partial charge in [0.2, 0.25) is 11.6 Å². The second kappa shape index (κ2) is 3.21. The predicted molar refractivity (Wildman–Crippen MR) is 49.6 cm³/mol. The molecule has 0 saturated carbocycles. The molecule has 0 saturated heterocycles. The summed E-state index contributed by atoms with van der Waals surface area (Å²) < 4.78 is 37.9. The highest BCUT2D eigenvalue weighted by Gasteiger charge is 2.62. The lowest BCUT2D eigenvalue weighted by molar-refractivity contribution is -0.234. The Labute approximate surface area is 92.0 Å². The van der Waals surface area contributed by atoms with E-state index in [-0.39, 0.29) is 4.91 Å². The quantitative estimate of drug-likeness (QED) is 0.514. The highest BCUT2D eigenvalue weighted by atomic mass is 32.2. The second-order valence-corrected chi connectivity index (χ2v) is 4.43. The standard InChI is InChI=1S/C9H5F3O3S/c10-9(11,12)8(15)3-16-5-2-1-4(13)7(14)6(5)8/h1-2,15H,3H2. The van der Waals surface area contributed by atoms with Crippen molar-refractivity contribution in [3.63, 3.8) is 0 Å². The number of allylic oxidation sites excluding steroid dienone is 2. The van der Waals surface area contributed by atoms with E-state index in [2.05, 4.69) is 0 Å². The third-order valence-corrected chi connectivity index (χ3v) is 3.62. The van der Waals surface area contributed by atoms with Gasteiger partial charge in [-0.25, -0.2) is 0 Å². The monoisotopic (exact) mass is 250 g/mol. The fourth-order valence-corrected chi connectivity index (χ4v) is 2.78. The van der Waals surface area contributed by atoms with Crippen LogP contribution in [-0.2, 0) is 9.59 Å². The van der Waals surface area contributed by atoms with E-state index < -0.39 is 34.7 Å². The number of Topliss-reactive ketones (excluding diaryl/α,β-unsaturated/α-hetero) is 1. The van der Waals surface area contributed by atoms with Gasteiger partial charge in [-0.05, 0) is 12.2 Å². The minimum Gasteiger partial charge on any atom is -0.375 e. The average Bonchev–Trinajstić information content (AvgIpc) is 2.51. The van der Waals surface area contributed by atoms with Gasteiger partial charge in [-0.3, -0.25) is 9.59 Å². The summed E-state index contributed by atoms with van der Waals surface area (Å²) in [7, 11) is 0. The van der Waals surface area contributed by atoms with E-state index in [4.69, 9.17) is 0 Å². The molecule has 1 aliphatic heterocycles. The predicted octanol–water partition coefficient (Wildman–Crippen LogP) is 0.989. The molecule has 0 fully saturated rings. The fraction of sp³-hybridized carbons (Fsp3) is 0.333. The molecule has 0 aromatic heterocycles. The van der Waals surface area contributed by atoms with Crippen molar-refractivity contribution in [2.45, 2.75) is 11.8 Å². The van der Waals surface area contributed by atoms with Crippen molar-refractivity contribution in [1.82, 2.24) is 0 Å². The Morgan fingerprint density at radius 3 is 2.50 bits per heavy atom. The van der Waals surface area contributed by atoms with Crippen LogP contribution in [0.2, 0.25) is 0 Å². The van der Waals surface area contributed by atoms with E-state index in [0.29, 0.717) is 11.8 Å². The van der Waals surface area contributed by atoms with Crippen molar-refractivity contribution < 1.29 is 27.9 Å². The summed E-state index contributed by atoms with van der Waals surface area (Å²) in [6.45, 7) is 0. The van der Waals surface area contributed by atoms with Gasteiger partial charge < -0.3 is 5.11 Å². The summed E-state index contributed by atoms with van der Waals surface area (Å²) in [6, 6.07) is 0. The van der Waals surface area contributed by atoms with Gasteiger partial charge in [0.05, 0.1) is 5.57 Å². The lowest BCUT2D eigenvalue weighted by atomic mass is 9.87. The van der Waals surface area contributed by atoms with Crippen LogP contribution in [0.5, 0.6) is 0 Å². The van der Waals surface area contributed by atoms with Crippen LogP contribution in [0.25, 0.3) is 0 Å². The van der Waals surface area contributed by atoms with E-state index in [1.165, 1.54) is 0 Å². The Kier molecular flexibility index (Phi) is 2.29. The van der Waals surface area contributed by atoms with Crippen molar-refractivity contribution >= 4 is 23.3 Å². The molecule has 3 nitrogen and oxygen atoms in total. The molecule has 1 heterocycles. The van der Waals surface area contributed by atoms with Gasteiger partial charge in [-0.1, -0.05) is 0 Å². The summed E-state index contributed by atoms with van der Waals surface area (Å²) in [4.78, 5) is 22.3. The van der Waals surface area contributed by atoms with E-state index in [0.717, 1.165) is 12.2 Å². The first-order chi connectivity index (χ1) is 7.27. The SMILES string of the molecule is O=C1C=CC2=C(C1=O)C(O)(C(F)(F)F)CS2. The maximum absolute atomic E-state index is 12.6. The number of aliphatic hydroxyl groups is 1. The molecule has 0 radical (unpaired) electrons. The zero-order valence-corrected chi connectivity index (χ0v) is 8.48. The molecular weight excluding hydrogens is 245 g/mol. The van der Waals surface area contributed by atoms with Gasteiger partial charge in [0, 0.05) is 10.7 Å². The van der Waals surface area contributed by atoms with Crippen molar-refractivity contribution in [1.29, 1.82) is 0 Å². The van der Waals surface area contributed by atoms with Crippen LogP contribution in [0, 0.1) is 0 Å². The summed E-state index contributed by atoms with van der Waals surface area (Å²) in [5.41, 5.74) is -4.04. The molecule has 86 valence electrons. The van der Waals surface area contributed by atoms with Crippen LogP contribution in [0.3, 0.4) is 0 Å². The summed E-state index contributed by atoms with van der Waals surface area (Å²) in [6.07, 6.45) is -2.91. The molecule has 1 atom stereocenters. The van der Waals surface area contributed by atoms with Crippen LogP contribution >= 0.6 is 11.8 Å². The maximum atomic E-state index is 12.6. The molecule has 0 spiro atoms. The Balaban J connectivity index is 2.56. The van der Waals surface area contributed by atoms with Gasteiger partial charge in [-0.15, -0.1) is 11.8 Å². The first kappa shape index (κ1) is 11.4. The molecule has 7 heteroatoms. The zero-order valence-electron chi connectivity index (χ0n) is 7.67. The van der Waals surface area contributed by atoms with Crippen LogP contribution < -0.4 is 0 Å². The first-order valence-electron chi connectivity index (χ1n) is 4.21. The molecule has 1 unspecified atom stereocenters. The van der Waals surface area contributed by atoms with Crippen LogP contribution in [-0.4, -0.2) is 34.2 Å². The van der Waals surface area contributed by atoms with Gasteiger partial charge in [0.25, 0.3) is 0 Å². The number of carbonyl (C=O) groups excluding carboxylic acids is 2. The third-order valence-electron chi connectivity index (χ3n) is 2.40. The Bertz CT molecular complexity index is 449. The number of thioether (sulfide) groups is 1. The highest BCUT2D eigenvalue weighted by Crippen LogP contribution is 2.49. The third kappa shape index (κ3) is 1.35. The zero-order chi connectivity index (χ0) is 12.1. The highest BCUT2D eigenvalue weighted by molar-refractivity contribution is 8.03. The van der Waals surface area contributed by atoms with Crippen molar-refractivity contribution in [3.8, 4) is 0 Å². The molecule has 1 aliphatic carbocycles. The topological polar surface area (TPSA) is 54.4 Å². The Morgan fingerprint density at radius 1 is 1.31 bits per heavy atom. The maximum Gasteiger partial charge on any atom is 0.422 e. The number of ketones is 2. The van der Waals surface area contributed by atoms with Crippen molar-refractivity contribution in [3.05, 3.63) is 22.6 Å². The lowest BCUT2D eigenvalue weighted by Crippen LogP contribution is -2.50. The fourth-order valence-electron chi connectivity index (χ4n) is 1.54. The van der Waals surface area contributed by atoms with E-state index >= 15 is 0 Å². The number of hydrogen-bond donors (Lipinski definition) is 1. The molecule has 1 N–H and O–H groups in total. The Morgan fingerprint density at radius 2 is 1.94 bits per heavy atom. The largest absolute Gasteiger partial charge is 0.422 e. The molecule has 2 aliphatic rings. The summed E-state index contributed by atoms with van der Waals surface area (Å²) >= 11 is 0.716. The summed E-state index contributed by atoms with van der Waals surface area (Å²) in [5, 5.41) is 9.50. The minimum absolute atomic E-state index is 0.0180. The van der Waals surface area contributed by atoms with Gasteiger partial charge in [0.1, 0.15) is 0 Å². The van der Waals surface area contributed by atoms with E-state index in [9.17, 15) is 27.9 Å². The number of hydrogen-bond acceptors (Lipinski definition) is 4. The molecule has 0 aromatic rings. The number of halogens is 3. The van der Waals surface area contributed by atoms with E-state index in [1.807, 2.05) is 0 Å². The minimum atomic E-state index is -4.96. The van der Waals surface area contributed by atoms with Crippen LogP contribution in [0.4, 0.5) is 13.2 Å². The average molecular weight is 250 g/mol. The number of rotatable bonds is 0. The number of alkyl halides is 3. The summed E-state index contributed by atoms with van der Waals surface area (Å²) in [5.74, 6) is -3.00. The van der Waals surface area contributed by atoms with Gasteiger partial charge in [-0.2, -0.15) is 13.2 Å². The van der Waals surface area contributed by atoms with Crippen molar-refractivity contribution in [2.24, 2.45) is 0 Å². The smallest absolute Gasteiger partial charge is 0.375 e. The normalized spacial score (nSPS) is 30.0. The molecule has 0 amide bonds. The Hall–Kier alpha value is -1.08. The molecule has 0 bridgehead atoms. The molecular formula is C9H5F3O3S. The molecule has 2 rings (SSSR count). The van der Waals surface area contributed by atoms with Crippen molar-refractivity contribution in [2.75, 3.05) is 5.75 Å². The number of carbonyl (C=O) groups is 2. The molecule has 16 heavy (non-hydrogen) atoms. The van der Waals surface area contributed by atoms with Gasteiger partial charge >= 0.3 is 6.18 Å². The van der Waals surface area contributed by atoms with Crippen LogP contribution in [0.15, 0.2) is 22.6 Å². The van der Waals surface area contributed by atoms with E-state index in [1.54, 1.807) is 0 Å². The first-order valence-corrected chi connectivity index (χ1v) is 5.19. The van der Waals surface area contributed by atoms with Crippen LogP contribution in [0.1, 0.15) is 0 Å². The second-order valence-electron chi connectivity index (χ2n) is 3.41.